The van der Waals surface area contributed by atoms with Gasteiger partial charge in [0.05, 0.1) is 30.7 Å². The molecule has 3 aromatic heterocycles. The fourth-order valence-electron chi connectivity index (χ4n) is 4.38. The number of fused-ring (bicyclic) bond motifs is 1. The Bertz CT molecular complexity index is 1740. The minimum Gasteiger partial charge on any atom is -0.391 e. The zero-order valence-electron chi connectivity index (χ0n) is 20.5. The third kappa shape index (κ3) is 5.35. The Balaban J connectivity index is 1.66. The van der Waals surface area contributed by atoms with Gasteiger partial charge in [-0.05, 0) is 29.8 Å². The lowest BCUT2D eigenvalue weighted by Crippen LogP contribution is -2.40. The number of alkyl halides is 3. The SMILES string of the molecule is O=C(NC(c1ccc(F)cc1)C(F)(F)F)c1cn(-c2ncc(F)cc2F)c2nc(N3C[C@@H](O)CC3=O)ccc2c1=O. The van der Waals surface area contributed by atoms with E-state index in [0.717, 1.165) is 39.8 Å². The number of halogens is 6. The number of benzene rings is 1. The van der Waals surface area contributed by atoms with Gasteiger partial charge in [-0.25, -0.2) is 23.1 Å². The van der Waals surface area contributed by atoms with Crippen LogP contribution in [0, 0.1) is 17.5 Å². The van der Waals surface area contributed by atoms with Gasteiger partial charge < -0.3 is 10.4 Å². The maximum atomic E-state index is 14.8. The Kier molecular flexibility index (Phi) is 6.98. The van der Waals surface area contributed by atoms with Gasteiger partial charge in [0.2, 0.25) is 11.3 Å². The number of rotatable bonds is 5. The molecule has 4 heterocycles. The van der Waals surface area contributed by atoms with Crippen LogP contribution in [0.3, 0.4) is 0 Å². The summed E-state index contributed by atoms with van der Waals surface area (Å²) in [5.74, 6) is -5.87. The number of aliphatic hydroxyl groups excluding tert-OH is 1. The van der Waals surface area contributed by atoms with Crippen molar-refractivity contribution in [2.75, 3.05) is 11.4 Å². The van der Waals surface area contributed by atoms with E-state index in [9.17, 15) is 45.8 Å². The largest absolute Gasteiger partial charge is 0.412 e. The van der Waals surface area contributed by atoms with E-state index in [1.54, 1.807) is 5.32 Å². The molecule has 212 valence electrons. The summed E-state index contributed by atoms with van der Waals surface area (Å²) in [6.07, 6.45) is -4.93. The Labute approximate surface area is 225 Å². The Morgan fingerprint density at radius 3 is 2.37 bits per heavy atom. The van der Waals surface area contributed by atoms with E-state index in [2.05, 4.69) is 9.97 Å². The number of hydrogen-bond donors (Lipinski definition) is 2. The van der Waals surface area contributed by atoms with Crippen LogP contribution in [0.4, 0.5) is 32.2 Å². The lowest BCUT2D eigenvalue weighted by Gasteiger charge is -2.22. The number of nitrogens with one attached hydrogen (secondary N) is 1. The van der Waals surface area contributed by atoms with Gasteiger partial charge in [0.1, 0.15) is 23.0 Å². The molecule has 1 fully saturated rings. The molecule has 2 amide bonds. The molecule has 1 saturated heterocycles. The van der Waals surface area contributed by atoms with Crippen molar-refractivity contribution in [2.45, 2.75) is 24.7 Å². The molecule has 2 N–H and O–H groups in total. The predicted octanol–water partition coefficient (Wildman–Crippen LogP) is 3.33. The van der Waals surface area contributed by atoms with Gasteiger partial charge in [-0.2, -0.15) is 13.2 Å². The van der Waals surface area contributed by atoms with Crippen molar-refractivity contribution in [1.82, 2.24) is 19.9 Å². The number of aromatic nitrogens is 3. The fourth-order valence-corrected chi connectivity index (χ4v) is 4.38. The second kappa shape index (κ2) is 10.3. The summed E-state index contributed by atoms with van der Waals surface area (Å²) < 4.78 is 84.1. The van der Waals surface area contributed by atoms with Crippen LogP contribution < -0.4 is 15.6 Å². The molecular weight excluding hydrogens is 560 g/mol. The molecule has 9 nitrogen and oxygen atoms in total. The minimum atomic E-state index is -5.06. The van der Waals surface area contributed by atoms with E-state index in [1.165, 1.54) is 6.07 Å². The van der Waals surface area contributed by atoms with E-state index in [0.29, 0.717) is 18.5 Å². The average molecular weight is 577 g/mol. The third-order valence-corrected chi connectivity index (χ3v) is 6.28. The van der Waals surface area contributed by atoms with E-state index < -0.39 is 70.0 Å². The summed E-state index contributed by atoms with van der Waals surface area (Å²) in [5, 5.41) is 11.2. The van der Waals surface area contributed by atoms with Crippen molar-refractivity contribution in [3.8, 4) is 5.82 Å². The summed E-state index contributed by atoms with van der Waals surface area (Å²) in [4.78, 5) is 47.7. The van der Waals surface area contributed by atoms with Gasteiger partial charge in [-0.15, -0.1) is 0 Å². The molecule has 1 aliphatic heterocycles. The number of hydrogen-bond acceptors (Lipinski definition) is 6. The highest BCUT2D eigenvalue weighted by molar-refractivity contribution is 5.99. The van der Waals surface area contributed by atoms with Crippen molar-refractivity contribution in [3.05, 3.63) is 93.7 Å². The molecule has 1 unspecified atom stereocenters. The summed E-state index contributed by atoms with van der Waals surface area (Å²) in [5.41, 5.74) is -2.85. The van der Waals surface area contributed by atoms with Crippen molar-refractivity contribution in [2.24, 2.45) is 0 Å². The number of nitrogens with zero attached hydrogens (tertiary/aromatic N) is 4. The van der Waals surface area contributed by atoms with Crippen LogP contribution >= 0.6 is 0 Å². The first-order valence-corrected chi connectivity index (χ1v) is 11.8. The molecule has 15 heteroatoms. The average Bonchev–Trinajstić information content (AvgIpc) is 3.25. The Morgan fingerprint density at radius 2 is 1.76 bits per heavy atom. The van der Waals surface area contributed by atoms with E-state index in [-0.39, 0.29) is 29.8 Å². The quantitative estimate of drug-likeness (QED) is 0.352. The van der Waals surface area contributed by atoms with Crippen LogP contribution in [0.2, 0.25) is 0 Å². The first-order chi connectivity index (χ1) is 19.3. The van der Waals surface area contributed by atoms with E-state index in [1.807, 2.05) is 0 Å². The van der Waals surface area contributed by atoms with Crippen LogP contribution in [-0.4, -0.2) is 50.3 Å². The third-order valence-electron chi connectivity index (χ3n) is 6.28. The van der Waals surface area contributed by atoms with Gasteiger partial charge in [-0.1, -0.05) is 12.1 Å². The molecule has 2 atom stereocenters. The Morgan fingerprint density at radius 1 is 1.05 bits per heavy atom. The van der Waals surface area contributed by atoms with Gasteiger partial charge in [0, 0.05) is 12.3 Å². The molecule has 0 radical (unpaired) electrons. The molecular formula is C26H17F6N5O4. The second-order valence-electron chi connectivity index (χ2n) is 9.10. The van der Waals surface area contributed by atoms with Crippen LogP contribution in [0.5, 0.6) is 0 Å². The topological polar surface area (TPSA) is 117 Å². The highest BCUT2D eigenvalue weighted by Gasteiger charge is 2.42. The normalized spacial score (nSPS) is 16.3. The predicted molar refractivity (Wildman–Crippen MR) is 131 cm³/mol. The number of carbonyl (C=O) groups excluding carboxylic acids is 2. The van der Waals surface area contributed by atoms with Gasteiger partial charge >= 0.3 is 6.18 Å². The number of anilines is 1. The smallest absolute Gasteiger partial charge is 0.391 e. The Hall–Kier alpha value is -4.79. The summed E-state index contributed by atoms with van der Waals surface area (Å²) in [6.45, 7) is -0.132. The second-order valence-corrected chi connectivity index (χ2v) is 9.10. The molecule has 0 bridgehead atoms. The first-order valence-electron chi connectivity index (χ1n) is 11.8. The first kappa shape index (κ1) is 27.8. The van der Waals surface area contributed by atoms with Crippen molar-refractivity contribution in [1.29, 1.82) is 0 Å². The van der Waals surface area contributed by atoms with Gasteiger partial charge in [0.15, 0.2) is 23.3 Å². The van der Waals surface area contributed by atoms with E-state index in [4.69, 9.17) is 0 Å². The summed E-state index contributed by atoms with van der Waals surface area (Å²) in [6, 6.07) is 3.28. The summed E-state index contributed by atoms with van der Waals surface area (Å²) >= 11 is 0. The maximum absolute atomic E-state index is 14.8. The number of β-amino-alcohol motifs (C(OH)–C–C–N with tert-alkyl or cyclic N) is 1. The summed E-state index contributed by atoms with van der Waals surface area (Å²) in [7, 11) is 0. The minimum absolute atomic E-state index is 0.0552. The number of carbonyl (C=O) groups is 2. The zero-order valence-corrected chi connectivity index (χ0v) is 20.5. The van der Waals surface area contributed by atoms with E-state index >= 15 is 0 Å². The number of amides is 2. The zero-order chi connectivity index (χ0) is 29.6. The molecule has 1 aromatic carbocycles. The van der Waals surface area contributed by atoms with Gasteiger partial charge in [0.25, 0.3) is 5.91 Å². The van der Waals surface area contributed by atoms with Crippen molar-refractivity contribution in [3.63, 3.8) is 0 Å². The molecule has 4 aromatic rings. The van der Waals surface area contributed by atoms with Crippen LogP contribution in [-0.2, 0) is 4.79 Å². The monoisotopic (exact) mass is 577 g/mol. The highest BCUT2D eigenvalue weighted by Crippen LogP contribution is 2.33. The van der Waals surface area contributed by atoms with Crippen LogP contribution in [0.15, 0.2) is 59.7 Å². The molecule has 41 heavy (non-hydrogen) atoms. The highest BCUT2D eigenvalue weighted by atomic mass is 19.4. The number of aliphatic hydroxyl groups is 1. The number of pyridine rings is 3. The van der Waals surface area contributed by atoms with Gasteiger partial charge in [-0.3, -0.25) is 23.9 Å². The molecule has 0 spiro atoms. The van der Waals surface area contributed by atoms with Crippen LogP contribution in [0.25, 0.3) is 16.9 Å². The molecule has 0 saturated carbocycles. The lowest BCUT2D eigenvalue weighted by molar-refractivity contribution is -0.155. The lowest BCUT2D eigenvalue weighted by atomic mass is 10.1. The molecule has 5 rings (SSSR count). The maximum Gasteiger partial charge on any atom is 0.412 e. The van der Waals surface area contributed by atoms with Crippen molar-refractivity contribution < 1.29 is 41.0 Å². The molecule has 0 aliphatic carbocycles. The molecule has 1 aliphatic rings. The van der Waals surface area contributed by atoms with Crippen molar-refractivity contribution >= 4 is 28.7 Å². The van der Waals surface area contributed by atoms with Crippen LogP contribution in [0.1, 0.15) is 28.4 Å². The standard InChI is InChI=1S/C26H17F6N5O4/c27-13-3-1-12(2-4-13)22(26(30,31)32)35-25(41)17-11-37(24-18(29)7-14(28)9-33-24)23-16(21(17)40)5-6-19(34-23)36-10-15(38)8-20(36)39/h1-7,9,11,15,22,38H,8,10H2,(H,35,41)/t15-,22?/m0/s1. The fraction of sp³-hybridized carbons (Fsp3) is 0.192.